The molecule has 3 aromatic rings. The number of hydrogen-bond donors (Lipinski definition) is 2. The lowest BCUT2D eigenvalue weighted by molar-refractivity contribution is 0.0223. The van der Waals surface area contributed by atoms with Gasteiger partial charge in [-0.3, -0.25) is 14.3 Å². The first-order valence-electron chi connectivity index (χ1n) is 7.23. The second kappa shape index (κ2) is 7.38. The van der Waals surface area contributed by atoms with Gasteiger partial charge in [0.05, 0.1) is 19.1 Å². The molecule has 0 aliphatic heterocycles. The van der Waals surface area contributed by atoms with Gasteiger partial charge in [-0.05, 0) is 5.56 Å². The third kappa shape index (κ3) is 3.76. The zero-order valence-corrected chi connectivity index (χ0v) is 12.8. The Bertz CT molecular complexity index is 887. The number of hydrogen-bond acceptors (Lipinski definition) is 7. The van der Waals surface area contributed by atoms with E-state index < -0.39 is 0 Å². The van der Waals surface area contributed by atoms with E-state index in [0.717, 1.165) is 5.56 Å². The van der Waals surface area contributed by atoms with Crippen molar-refractivity contribution in [2.24, 2.45) is 5.16 Å². The second-order valence-corrected chi connectivity index (χ2v) is 4.85. The lowest BCUT2D eigenvalue weighted by Gasteiger charge is -2.05. The molecule has 2 aromatic heterocycles. The fourth-order valence-electron chi connectivity index (χ4n) is 2.01. The first kappa shape index (κ1) is 15.7. The molecule has 2 heterocycles. The van der Waals surface area contributed by atoms with Crippen LogP contribution in [0, 0.1) is 0 Å². The molecule has 0 saturated heterocycles. The Labute approximate surface area is 136 Å². The number of aromatic nitrogens is 4. The largest absolute Gasteiger partial charge is 0.393 e. The van der Waals surface area contributed by atoms with Crippen LogP contribution in [0.4, 0.5) is 5.95 Å². The minimum Gasteiger partial charge on any atom is -0.393 e. The minimum absolute atomic E-state index is 0.0350. The standard InChI is InChI=1S/C15H16N6O3/c16-15-19-13-12(14(22)20-15)17-9-21(13)10-23-6-7-24-18-8-11-4-2-1-3-5-11/h1-5,8-9H,6-7,10H2,(H3,16,19,20,22)/b18-8+. The summed E-state index contributed by atoms with van der Waals surface area (Å²) in [5.41, 5.74) is 6.70. The maximum Gasteiger partial charge on any atom is 0.280 e. The summed E-state index contributed by atoms with van der Waals surface area (Å²) in [5, 5.41) is 3.85. The highest BCUT2D eigenvalue weighted by Gasteiger charge is 2.08. The molecule has 0 spiro atoms. The van der Waals surface area contributed by atoms with E-state index in [1.54, 1.807) is 10.8 Å². The third-order valence-corrected chi connectivity index (χ3v) is 3.12. The first-order valence-corrected chi connectivity index (χ1v) is 7.23. The molecule has 0 amide bonds. The van der Waals surface area contributed by atoms with Crippen molar-refractivity contribution in [2.45, 2.75) is 6.73 Å². The van der Waals surface area contributed by atoms with Crippen LogP contribution in [0.5, 0.6) is 0 Å². The number of nitrogens with one attached hydrogen (secondary N) is 1. The summed E-state index contributed by atoms with van der Waals surface area (Å²) in [5.74, 6) is 0.0350. The zero-order valence-electron chi connectivity index (χ0n) is 12.8. The van der Waals surface area contributed by atoms with E-state index in [4.69, 9.17) is 15.3 Å². The zero-order chi connectivity index (χ0) is 16.8. The van der Waals surface area contributed by atoms with Crippen LogP contribution < -0.4 is 11.3 Å². The van der Waals surface area contributed by atoms with Gasteiger partial charge in [0.15, 0.2) is 11.2 Å². The summed E-state index contributed by atoms with van der Waals surface area (Å²) >= 11 is 0. The molecule has 3 N–H and O–H groups in total. The lowest BCUT2D eigenvalue weighted by atomic mass is 10.2. The van der Waals surface area contributed by atoms with Crippen LogP contribution in [0.15, 0.2) is 46.6 Å². The molecule has 0 aliphatic carbocycles. The van der Waals surface area contributed by atoms with Gasteiger partial charge in [-0.1, -0.05) is 35.5 Å². The SMILES string of the molecule is Nc1nc2c(ncn2COCCO/N=C/c2ccccc2)c(=O)[nH]1. The Balaban J connectivity index is 1.46. The molecule has 0 saturated carbocycles. The van der Waals surface area contributed by atoms with Crippen molar-refractivity contribution in [1.29, 1.82) is 0 Å². The molecule has 3 rings (SSSR count). The number of ether oxygens (including phenoxy) is 1. The summed E-state index contributed by atoms with van der Waals surface area (Å²) in [6.45, 7) is 0.800. The Morgan fingerprint density at radius 2 is 2.12 bits per heavy atom. The van der Waals surface area contributed by atoms with Gasteiger partial charge >= 0.3 is 0 Å². The monoisotopic (exact) mass is 328 g/mol. The average Bonchev–Trinajstić information content (AvgIpc) is 2.98. The van der Waals surface area contributed by atoms with Crippen molar-refractivity contribution < 1.29 is 9.57 Å². The molecule has 9 nitrogen and oxygen atoms in total. The van der Waals surface area contributed by atoms with Crippen molar-refractivity contribution in [3.8, 4) is 0 Å². The van der Waals surface area contributed by atoms with E-state index in [0.29, 0.717) is 18.9 Å². The van der Waals surface area contributed by atoms with Crippen molar-refractivity contribution in [1.82, 2.24) is 19.5 Å². The number of imidazole rings is 1. The second-order valence-electron chi connectivity index (χ2n) is 4.85. The van der Waals surface area contributed by atoms with Gasteiger partial charge in [0.1, 0.15) is 13.3 Å². The molecular formula is C15H16N6O3. The van der Waals surface area contributed by atoms with Gasteiger partial charge in [-0.15, -0.1) is 0 Å². The number of nitrogens with zero attached hydrogens (tertiary/aromatic N) is 4. The predicted octanol–water partition coefficient (Wildman–Crippen LogP) is 0.727. The summed E-state index contributed by atoms with van der Waals surface area (Å²) in [4.78, 5) is 27.2. The fourth-order valence-corrected chi connectivity index (χ4v) is 2.01. The smallest absolute Gasteiger partial charge is 0.280 e. The number of rotatable bonds is 7. The van der Waals surface area contributed by atoms with Gasteiger partial charge in [0, 0.05) is 0 Å². The van der Waals surface area contributed by atoms with Crippen molar-refractivity contribution in [3.63, 3.8) is 0 Å². The molecule has 0 atom stereocenters. The van der Waals surface area contributed by atoms with Crippen LogP contribution in [-0.4, -0.2) is 38.9 Å². The van der Waals surface area contributed by atoms with Crippen LogP contribution >= 0.6 is 0 Å². The fraction of sp³-hybridized carbons (Fsp3) is 0.200. The van der Waals surface area contributed by atoms with Gasteiger partial charge < -0.3 is 15.3 Å². The molecule has 9 heteroatoms. The van der Waals surface area contributed by atoms with Gasteiger partial charge in [0.25, 0.3) is 5.56 Å². The van der Waals surface area contributed by atoms with Gasteiger partial charge in [-0.2, -0.15) is 4.98 Å². The molecular weight excluding hydrogens is 312 g/mol. The number of oxime groups is 1. The summed E-state index contributed by atoms with van der Waals surface area (Å²) in [7, 11) is 0. The topological polar surface area (TPSA) is 120 Å². The van der Waals surface area contributed by atoms with E-state index in [2.05, 4.69) is 20.1 Å². The number of H-pyrrole nitrogens is 1. The molecule has 0 aliphatic rings. The number of aromatic amines is 1. The number of anilines is 1. The molecule has 0 bridgehead atoms. The lowest BCUT2D eigenvalue weighted by Crippen LogP contribution is -2.13. The molecule has 0 unspecified atom stereocenters. The van der Waals surface area contributed by atoms with Crippen molar-refractivity contribution >= 4 is 23.3 Å². The third-order valence-electron chi connectivity index (χ3n) is 3.12. The van der Waals surface area contributed by atoms with Crippen molar-refractivity contribution in [3.05, 3.63) is 52.6 Å². The Morgan fingerprint density at radius 1 is 1.29 bits per heavy atom. The summed E-state index contributed by atoms with van der Waals surface area (Å²) < 4.78 is 7.04. The summed E-state index contributed by atoms with van der Waals surface area (Å²) in [6.07, 6.45) is 3.10. The van der Waals surface area contributed by atoms with Crippen LogP contribution in [0.3, 0.4) is 0 Å². The van der Waals surface area contributed by atoms with Crippen LogP contribution in [0.25, 0.3) is 11.2 Å². The number of benzene rings is 1. The van der Waals surface area contributed by atoms with Crippen LogP contribution in [-0.2, 0) is 16.3 Å². The highest BCUT2D eigenvalue weighted by molar-refractivity contribution is 5.78. The molecule has 24 heavy (non-hydrogen) atoms. The Hall–Kier alpha value is -3.20. The molecule has 124 valence electrons. The quantitative estimate of drug-likeness (QED) is 0.375. The van der Waals surface area contributed by atoms with Gasteiger partial charge in [0.2, 0.25) is 5.95 Å². The van der Waals surface area contributed by atoms with Crippen LogP contribution in [0.1, 0.15) is 5.56 Å². The van der Waals surface area contributed by atoms with Gasteiger partial charge in [-0.25, -0.2) is 4.98 Å². The van der Waals surface area contributed by atoms with E-state index in [1.807, 2.05) is 30.3 Å². The molecule has 1 aromatic carbocycles. The Kier molecular flexibility index (Phi) is 4.82. The highest BCUT2D eigenvalue weighted by Crippen LogP contribution is 2.06. The number of fused-ring (bicyclic) bond motifs is 1. The van der Waals surface area contributed by atoms with E-state index in [-0.39, 0.29) is 23.8 Å². The van der Waals surface area contributed by atoms with Crippen molar-refractivity contribution in [2.75, 3.05) is 18.9 Å². The number of nitrogen functional groups attached to an aromatic ring is 1. The average molecular weight is 328 g/mol. The molecule has 0 radical (unpaired) electrons. The Morgan fingerprint density at radius 3 is 2.96 bits per heavy atom. The maximum atomic E-state index is 11.6. The number of nitrogens with two attached hydrogens (primary N) is 1. The molecule has 0 fully saturated rings. The first-order chi connectivity index (χ1) is 11.7. The van der Waals surface area contributed by atoms with Crippen LogP contribution in [0.2, 0.25) is 0 Å². The maximum absolute atomic E-state index is 11.6. The minimum atomic E-state index is -0.380. The van der Waals surface area contributed by atoms with E-state index in [9.17, 15) is 4.79 Å². The van der Waals surface area contributed by atoms with E-state index in [1.165, 1.54) is 6.33 Å². The highest BCUT2D eigenvalue weighted by atomic mass is 16.6. The summed E-state index contributed by atoms with van der Waals surface area (Å²) in [6, 6.07) is 9.63. The normalized spacial score (nSPS) is 11.3. The predicted molar refractivity (Wildman–Crippen MR) is 88.5 cm³/mol. The van der Waals surface area contributed by atoms with E-state index >= 15 is 0 Å².